The first-order valence-electron chi connectivity index (χ1n) is 7.45. The number of hydrogen-bond acceptors (Lipinski definition) is 4. The number of pyridine rings is 1. The molecule has 0 spiro atoms. The maximum absolute atomic E-state index is 4.34. The fourth-order valence-corrected chi connectivity index (χ4v) is 2.64. The van der Waals surface area contributed by atoms with Gasteiger partial charge in [0.05, 0.1) is 5.69 Å². The Hall–Kier alpha value is -1.29. The molecule has 19 heavy (non-hydrogen) atoms. The average Bonchev–Trinajstić information content (AvgIpc) is 2.41. The van der Waals surface area contributed by atoms with E-state index in [1.54, 1.807) is 0 Å². The Morgan fingerprint density at radius 2 is 2.05 bits per heavy atom. The number of aromatic nitrogens is 1. The van der Waals surface area contributed by atoms with Gasteiger partial charge in [-0.05, 0) is 39.2 Å². The molecule has 1 saturated heterocycles. The van der Waals surface area contributed by atoms with E-state index in [-0.39, 0.29) is 0 Å². The van der Waals surface area contributed by atoms with E-state index in [0.717, 1.165) is 24.5 Å². The molecule has 4 nitrogen and oxygen atoms in total. The molecular weight excluding hydrogens is 236 g/mol. The molecule has 2 N–H and O–H groups in total. The summed E-state index contributed by atoms with van der Waals surface area (Å²) in [5.41, 5.74) is 4.67. The molecule has 0 amide bonds. The molecule has 106 valence electrons. The van der Waals surface area contributed by atoms with Crippen LogP contribution in [-0.2, 0) is 0 Å². The van der Waals surface area contributed by atoms with Gasteiger partial charge in [0.25, 0.3) is 0 Å². The zero-order valence-electron chi connectivity index (χ0n) is 12.3. The van der Waals surface area contributed by atoms with Gasteiger partial charge in [0.2, 0.25) is 0 Å². The second-order valence-corrected chi connectivity index (χ2v) is 5.50. The first-order chi connectivity index (χ1) is 9.20. The van der Waals surface area contributed by atoms with E-state index in [1.165, 1.54) is 19.3 Å². The largest absolute Gasteiger partial charge is 0.370 e. The van der Waals surface area contributed by atoms with E-state index >= 15 is 0 Å². The van der Waals surface area contributed by atoms with Gasteiger partial charge in [-0.25, -0.2) is 9.99 Å². The number of nitrogens with one attached hydrogen (secondary N) is 2. The lowest BCUT2D eigenvalue weighted by molar-refractivity contribution is 0.136. The van der Waals surface area contributed by atoms with Crippen molar-refractivity contribution in [1.82, 2.24) is 9.99 Å². The predicted molar refractivity (Wildman–Crippen MR) is 81.3 cm³/mol. The van der Waals surface area contributed by atoms with Gasteiger partial charge in [-0.15, -0.1) is 0 Å². The third kappa shape index (κ3) is 3.83. The Morgan fingerprint density at radius 1 is 1.32 bits per heavy atom. The minimum absolute atomic E-state index is 0.587. The Labute approximate surface area is 116 Å². The Morgan fingerprint density at radius 3 is 2.74 bits per heavy atom. The Bertz CT molecular complexity index is 383. The number of hydrazine groups is 1. The molecule has 1 fully saturated rings. The smallest absolute Gasteiger partial charge is 0.127 e. The standard InChI is InChI=1S/C15H26N4/c1-4-9-16-15-11-14(8-10-17-15)18-19-12(2)6-5-7-13(19)3/h8,10-13H,4-7,9H2,1-3H3,(H2,16,17,18). The van der Waals surface area contributed by atoms with Crippen LogP contribution in [0, 0.1) is 0 Å². The van der Waals surface area contributed by atoms with Gasteiger partial charge in [-0.2, -0.15) is 0 Å². The SMILES string of the molecule is CCCNc1cc(NN2C(C)CCCC2C)ccn1. The maximum atomic E-state index is 4.34. The maximum Gasteiger partial charge on any atom is 0.127 e. The zero-order chi connectivity index (χ0) is 13.7. The number of piperidine rings is 1. The summed E-state index contributed by atoms with van der Waals surface area (Å²) in [6.45, 7) is 7.71. The molecule has 0 radical (unpaired) electrons. The van der Waals surface area contributed by atoms with Crippen LogP contribution in [0.15, 0.2) is 18.3 Å². The van der Waals surface area contributed by atoms with Crippen molar-refractivity contribution in [2.75, 3.05) is 17.3 Å². The van der Waals surface area contributed by atoms with Crippen molar-refractivity contribution in [3.05, 3.63) is 18.3 Å². The van der Waals surface area contributed by atoms with Crippen molar-refractivity contribution < 1.29 is 0 Å². The van der Waals surface area contributed by atoms with Gasteiger partial charge in [0, 0.05) is 30.9 Å². The summed E-state index contributed by atoms with van der Waals surface area (Å²) in [7, 11) is 0. The lowest BCUT2D eigenvalue weighted by Crippen LogP contribution is -2.47. The number of nitrogens with zero attached hydrogens (tertiary/aromatic N) is 2. The summed E-state index contributed by atoms with van der Waals surface area (Å²) in [4.78, 5) is 4.34. The summed E-state index contributed by atoms with van der Waals surface area (Å²) in [5, 5.41) is 5.70. The predicted octanol–water partition coefficient (Wildman–Crippen LogP) is 3.49. The minimum Gasteiger partial charge on any atom is -0.370 e. The third-order valence-electron chi connectivity index (χ3n) is 3.77. The number of rotatable bonds is 5. The molecule has 0 saturated carbocycles. The molecule has 2 rings (SSSR count). The van der Waals surface area contributed by atoms with E-state index in [2.05, 4.69) is 47.6 Å². The van der Waals surface area contributed by atoms with Crippen molar-refractivity contribution >= 4 is 11.5 Å². The van der Waals surface area contributed by atoms with Gasteiger partial charge in [-0.3, -0.25) is 0 Å². The lowest BCUT2D eigenvalue weighted by Gasteiger charge is -2.39. The molecule has 1 aliphatic heterocycles. The highest BCUT2D eigenvalue weighted by Crippen LogP contribution is 2.24. The van der Waals surface area contributed by atoms with Gasteiger partial charge >= 0.3 is 0 Å². The highest BCUT2D eigenvalue weighted by Gasteiger charge is 2.24. The van der Waals surface area contributed by atoms with Crippen LogP contribution in [0.1, 0.15) is 46.5 Å². The third-order valence-corrected chi connectivity index (χ3v) is 3.77. The molecule has 2 heterocycles. The zero-order valence-corrected chi connectivity index (χ0v) is 12.3. The van der Waals surface area contributed by atoms with Gasteiger partial charge in [0.15, 0.2) is 0 Å². The van der Waals surface area contributed by atoms with Gasteiger partial charge in [0.1, 0.15) is 5.82 Å². The fourth-order valence-electron chi connectivity index (χ4n) is 2.64. The van der Waals surface area contributed by atoms with Crippen LogP contribution in [0.4, 0.5) is 11.5 Å². The molecule has 1 aromatic heterocycles. The molecule has 4 heteroatoms. The van der Waals surface area contributed by atoms with E-state index in [4.69, 9.17) is 0 Å². The molecule has 2 atom stereocenters. The number of anilines is 2. The normalized spacial score (nSPS) is 24.2. The minimum atomic E-state index is 0.587. The molecule has 1 aliphatic rings. The van der Waals surface area contributed by atoms with Crippen molar-refractivity contribution in [3.63, 3.8) is 0 Å². The van der Waals surface area contributed by atoms with Crippen LogP contribution in [0.3, 0.4) is 0 Å². The quantitative estimate of drug-likeness (QED) is 0.852. The molecule has 0 aromatic carbocycles. The molecule has 1 aromatic rings. The van der Waals surface area contributed by atoms with E-state index in [9.17, 15) is 0 Å². The van der Waals surface area contributed by atoms with Crippen LogP contribution >= 0.6 is 0 Å². The first kappa shape index (κ1) is 14.1. The first-order valence-corrected chi connectivity index (χ1v) is 7.45. The molecular formula is C15H26N4. The Balaban J connectivity index is 2.01. The Kier molecular flexibility index (Phi) is 5.02. The van der Waals surface area contributed by atoms with E-state index < -0.39 is 0 Å². The molecule has 2 unspecified atom stereocenters. The highest BCUT2D eigenvalue weighted by molar-refractivity contribution is 5.51. The average molecular weight is 262 g/mol. The summed E-state index contributed by atoms with van der Waals surface area (Å²) in [5.74, 6) is 0.948. The fraction of sp³-hybridized carbons (Fsp3) is 0.667. The van der Waals surface area contributed by atoms with Gasteiger partial charge < -0.3 is 10.7 Å². The van der Waals surface area contributed by atoms with Crippen LogP contribution in [0.5, 0.6) is 0 Å². The highest BCUT2D eigenvalue weighted by atomic mass is 15.5. The van der Waals surface area contributed by atoms with Crippen molar-refractivity contribution in [3.8, 4) is 0 Å². The monoisotopic (exact) mass is 262 g/mol. The van der Waals surface area contributed by atoms with Crippen molar-refractivity contribution in [2.24, 2.45) is 0 Å². The summed E-state index contributed by atoms with van der Waals surface area (Å²) in [6.07, 6.45) is 6.84. The van der Waals surface area contributed by atoms with Crippen molar-refractivity contribution in [2.45, 2.75) is 58.5 Å². The molecule has 0 aliphatic carbocycles. The van der Waals surface area contributed by atoms with Crippen molar-refractivity contribution in [1.29, 1.82) is 0 Å². The lowest BCUT2D eigenvalue weighted by atomic mass is 10.00. The second-order valence-electron chi connectivity index (χ2n) is 5.50. The molecule has 0 bridgehead atoms. The van der Waals surface area contributed by atoms with Crippen LogP contribution in [0.25, 0.3) is 0 Å². The van der Waals surface area contributed by atoms with Crippen LogP contribution < -0.4 is 10.7 Å². The van der Waals surface area contributed by atoms with E-state index in [1.807, 2.05) is 12.3 Å². The van der Waals surface area contributed by atoms with Crippen LogP contribution in [-0.4, -0.2) is 28.6 Å². The second kappa shape index (κ2) is 6.75. The summed E-state index contributed by atoms with van der Waals surface area (Å²) >= 11 is 0. The topological polar surface area (TPSA) is 40.2 Å². The van der Waals surface area contributed by atoms with Crippen LogP contribution in [0.2, 0.25) is 0 Å². The van der Waals surface area contributed by atoms with E-state index in [0.29, 0.717) is 12.1 Å². The number of hydrogen-bond donors (Lipinski definition) is 2. The summed E-state index contributed by atoms with van der Waals surface area (Å²) < 4.78 is 0. The van der Waals surface area contributed by atoms with Gasteiger partial charge in [-0.1, -0.05) is 13.3 Å². The summed E-state index contributed by atoms with van der Waals surface area (Å²) in [6, 6.07) is 5.29.